The van der Waals surface area contributed by atoms with Gasteiger partial charge in [-0.2, -0.15) is 0 Å². The topological polar surface area (TPSA) is 42.1 Å². The fraction of sp³-hybridized carbons (Fsp3) is 0.118. The molecule has 2 aromatic carbocycles. The lowest BCUT2D eigenvalue weighted by Gasteiger charge is -2.11. The summed E-state index contributed by atoms with van der Waals surface area (Å²) in [4.78, 5) is 16.0. The van der Waals surface area contributed by atoms with Gasteiger partial charge in [-0.1, -0.05) is 30.3 Å². The largest absolute Gasteiger partial charge is 0.496 e. The Morgan fingerprint density at radius 1 is 1.00 bits per heavy atom. The van der Waals surface area contributed by atoms with Gasteiger partial charge in [-0.25, -0.2) is 0 Å². The molecule has 3 rings (SSSR count). The SMILES string of the molecule is COc1ccccc1-c1c(C)[nH]c2ccccc2c1=O. The van der Waals surface area contributed by atoms with Crippen LogP contribution in [0, 0.1) is 6.92 Å². The van der Waals surface area contributed by atoms with Gasteiger partial charge in [-0.05, 0) is 25.1 Å². The zero-order valence-electron chi connectivity index (χ0n) is 11.4. The van der Waals surface area contributed by atoms with Gasteiger partial charge < -0.3 is 9.72 Å². The number of ether oxygens (including phenoxy) is 1. The van der Waals surface area contributed by atoms with E-state index in [2.05, 4.69) is 4.98 Å². The third-order valence-electron chi connectivity index (χ3n) is 3.47. The molecule has 100 valence electrons. The molecule has 0 atom stereocenters. The predicted octanol–water partition coefficient (Wildman–Crippen LogP) is 3.51. The lowest BCUT2D eigenvalue weighted by molar-refractivity contribution is 0.416. The van der Waals surface area contributed by atoms with Crippen LogP contribution in [0.1, 0.15) is 5.69 Å². The lowest BCUT2D eigenvalue weighted by Crippen LogP contribution is -2.10. The van der Waals surface area contributed by atoms with Crippen molar-refractivity contribution in [3.8, 4) is 16.9 Å². The van der Waals surface area contributed by atoms with Gasteiger partial charge >= 0.3 is 0 Å². The van der Waals surface area contributed by atoms with Crippen molar-refractivity contribution in [1.29, 1.82) is 0 Å². The Hall–Kier alpha value is -2.55. The van der Waals surface area contributed by atoms with Crippen LogP contribution in [0.5, 0.6) is 5.75 Å². The Morgan fingerprint density at radius 3 is 2.50 bits per heavy atom. The summed E-state index contributed by atoms with van der Waals surface area (Å²) in [6, 6.07) is 15.1. The Balaban J connectivity index is 2.40. The average molecular weight is 265 g/mol. The summed E-state index contributed by atoms with van der Waals surface area (Å²) >= 11 is 0. The number of rotatable bonds is 2. The predicted molar refractivity (Wildman–Crippen MR) is 81.3 cm³/mol. The molecule has 1 heterocycles. The smallest absolute Gasteiger partial charge is 0.197 e. The molecule has 0 fully saturated rings. The molecule has 0 spiro atoms. The first-order valence-electron chi connectivity index (χ1n) is 6.47. The van der Waals surface area contributed by atoms with Crippen LogP contribution in [-0.2, 0) is 0 Å². The molecule has 20 heavy (non-hydrogen) atoms. The number of aryl methyl sites for hydroxylation is 1. The fourth-order valence-corrected chi connectivity index (χ4v) is 2.54. The highest BCUT2D eigenvalue weighted by Crippen LogP contribution is 2.29. The van der Waals surface area contributed by atoms with Crippen LogP contribution in [0.3, 0.4) is 0 Å². The molecule has 3 heteroatoms. The van der Waals surface area contributed by atoms with E-state index >= 15 is 0 Å². The first kappa shape index (κ1) is 12.5. The summed E-state index contributed by atoms with van der Waals surface area (Å²) in [7, 11) is 1.61. The molecule has 3 aromatic rings. The minimum Gasteiger partial charge on any atom is -0.496 e. The van der Waals surface area contributed by atoms with Crippen LogP contribution in [0.25, 0.3) is 22.0 Å². The third-order valence-corrected chi connectivity index (χ3v) is 3.47. The average Bonchev–Trinajstić information content (AvgIpc) is 2.48. The summed E-state index contributed by atoms with van der Waals surface area (Å²) in [5, 5.41) is 0.694. The van der Waals surface area contributed by atoms with E-state index in [9.17, 15) is 4.79 Å². The highest BCUT2D eigenvalue weighted by Gasteiger charge is 2.14. The van der Waals surface area contributed by atoms with E-state index < -0.39 is 0 Å². The second kappa shape index (κ2) is 4.85. The molecule has 0 bridgehead atoms. The Bertz CT molecular complexity index is 834. The summed E-state index contributed by atoms with van der Waals surface area (Å²) in [6.45, 7) is 1.91. The van der Waals surface area contributed by atoms with Gasteiger partial charge in [0.2, 0.25) is 0 Å². The number of aromatic nitrogens is 1. The first-order chi connectivity index (χ1) is 9.72. The molecule has 0 aliphatic heterocycles. The van der Waals surface area contributed by atoms with Gasteiger partial charge in [-0.3, -0.25) is 4.79 Å². The van der Waals surface area contributed by atoms with Crippen LogP contribution in [0.4, 0.5) is 0 Å². The molecule has 0 aliphatic rings. The Morgan fingerprint density at radius 2 is 1.70 bits per heavy atom. The number of hydrogen-bond acceptors (Lipinski definition) is 2. The van der Waals surface area contributed by atoms with E-state index in [-0.39, 0.29) is 5.43 Å². The summed E-state index contributed by atoms with van der Waals surface area (Å²) in [6.07, 6.45) is 0. The summed E-state index contributed by atoms with van der Waals surface area (Å²) in [5.41, 5.74) is 3.22. The monoisotopic (exact) mass is 265 g/mol. The molecule has 1 N–H and O–H groups in total. The van der Waals surface area contributed by atoms with Gasteiger partial charge in [-0.15, -0.1) is 0 Å². The van der Waals surface area contributed by atoms with E-state index in [0.29, 0.717) is 16.7 Å². The number of methoxy groups -OCH3 is 1. The highest BCUT2D eigenvalue weighted by molar-refractivity contribution is 5.86. The van der Waals surface area contributed by atoms with Crippen LogP contribution >= 0.6 is 0 Å². The van der Waals surface area contributed by atoms with Crippen molar-refractivity contribution >= 4 is 10.9 Å². The molecule has 0 unspecified atom stereocenters. The molecular weight excluding hydrogens is 250 g/mol. The van der Waals surface area contributed by atoms with Crippen molar-refractivity contribution in [1.82, 2.24) is 4.98 Å². The Labute approximate surface area is 116 Å². The van der Waals surface area contributed by atoms with Crippen molar-refractivity contribution in [2.24, 2.45) is 0 Å². The number of aromatic amines is 1. The van der Waals surface area contributed by atoms with E-state index in [1.54, 1.807) is 7.11 Å². The number of benzene rings is 2. The van der Waals surface area contributed by atoms with Crippen molar-refractivity contribution < 1.29 is 4.74 Å². The first-order valence-corrected chi connectivity index (χ1v) is 6.47. The van der Waals surface area contributed by atoms with Crippen molar-refractivity contribution in [2.45, 2.75) is 6.92 Å². The highest BCUT2D eigenvalue weighted by atomic mass is 16.5. The fourth-order valence-electron chi connectivity index (χ4n) is 2.54. The molecule has 0 saturated heterocycles. The lowest BCUT2D eigenvalue weighted by atomic mass is 10.0. The molecule has 0 amide bonds. The minimum atomic E-state index is 0.0290. The number of para-hydroxylation sites is 2. The maximum absolute atomic E-state index is 12.7. The second-order valence-electron chi connectivity index (χ2n) is 4.70. The van der Waals surface area contributed by atoms with E-state index in [1.807, 2.05) is 55.5 Å². The molecule has 0 radical (unpaired) electrons. The maximum atomic E-state index is 12.7. The second-order valence-corrected chi connectivity index (χ2v) is 4.70. The standard InChI is InChI=1S/C17H15NO2/c1-11-16(13-8-4-6-10-15(13)20-2)17(19)12-7-3-5-9-14(12)18-11/h3-10H,1-2H3,(H,18,19). The number of nitrogens with one attached hydrogen (secondary N) is 1. The summed E-state index contributed by atoms with van der Waals surface area (Å²) < 4.78 is 5.37. The summed E-state index contributed by atoms with van der Waals surface area (Å²) in [5.74, 6) is 0.705. The number of hydrogen-bond donors (Lipinski definition) is 1. The van der Waals surface area contributed by atoms with Crippen molar-refractivity contribution in [3.63, 3.8) is 0 Å². The van der Waals surface area contributed by atoms with Crippen molar-refractivity contribution in [2.75, 3.05) is 7.11 Å². The quantitative estimate of drug-likeness (QED) is 0.770. The van der Waals surface area contributed by atoms with Gasteiger partial charge in [0.1, 0.15) is 5.75 Å². The number of H-pyrrole nitrogens is 1. The van der Waals surface area contributed by atoms with Crippen LogP contribution < -0.4 is 10.2 Å². The molecule has 3 nitrogen and oxygen atoms in total. The van der Waals surface area contributed by atoms with Crippen LogP contribution in [-0.4, -0.2) is 12.1 Å². The molecule has 0 aliphatic carbocycles. The minimum absolute atomic E-state index is 0.0290. The number of fused-ring (bicyclic) bond motifs is 1. The van der Waals surface area contributed by atoms with Gasteiger partial charge in [0.15, 0.2) is 5.43 Å². The van der Waals surface area contributed by atoms with Gasteiger partial charge in [0, 0.05) is 22.2 Å². The van der Waals surface area contributed by atoms with Gasteiger partial charge in [0.05, 0.1) is 12.7 Å². The maximum Gasteiger partial charge on any atom is 0.197 e. The van der Waals surface area contributed by atoms with E-state index in [1.165, 1.54) is 0 Å². The zero-order valence-corrected chi connectivity index (χ0v) is 11.4. The van der Waals surface area contributed by atoms with Crippen LogP contribution in [0.2, 0.25) is 0 Å². The van der Waals surface area contributed by atoms with Crippen molar-refractivity contribution in [3.05, 3.63) is 64.4 Å². The molecule has 1 aromatic heterocycles. The zero-order chi connectivity index (χ0) is 14.1. The van der Waals surface area contributed by atoms with Crippen LogP contribution in [0.15, 0.2) is 53.3 Å². The number of pyridine rings is 1. The molecule has 0 saturated carbocycles. The third kappa shape index (κ3) is 1.88. The molecular formula is C17H15NO2. The van der Waals surface area contributed by atoms with E-state index in [0.717, 1.165) is 16.8 Å². The van der Waals surface area contributed by atoms with Gasteiger partial charge in [0.25, 0.3) is 0 Å². The van der Waals surface area contributed by atoms with E-state index in [4.69, 9.17) is 4.74 Å². The normalized spacial score (nSPS) is 10.7. The Kier molecular flexibility index (Phi) is 3.03.